The van der Waals surface area contributed by atoms with Gasteiger partial charge in [0.1, 0.15) is 0 Å². The summed E-state index contributed by atoms with van der Waals surface area (Å²) in [5.74, 6) is 0.307. The molecule has 2 rings (SSSR count). The molecule has 1 aromatic rings. The second-order valence-electron chi connectivity index (χ2n) is 4.30. The second kappa shape index (κ2) is 5.43. The van der Waals surface area contributed by atoms with E-state index in [0.29, 0.717) is 12.5 Å². The highest BCUT2D eigenvalue weighted by molar-refractivity contribution is 5.29. The minimum absolute atomic E-state index is 0.307. The van der Waals surface area contributed by atoms with E-state index in [4.69, 9.17) is 10.5 Å². The van der Waals surface area contributed by atoms with E-state index in [9.17, 15) is 5.11 Å². The lowest BCUT2D eigenvalue weighted by atomic mass is 9.87. The molecule has 88 valence electrons. The van der Waals surface area contributed by atoms with Gasteiger partial charge in [0.05, 0.1) is 6.10 Å². The Morgan fingerprint density at radius 3 is 2.69 bits per heavy atom. The normalized spacial score (nSPS) is 19.6. The molecule has 0 radical (unpaired) electrons. The minimum Gasteiger partial charge on any atom is -0.388 e. The number of hydrogen-bond donors (Lipinski definition) is 2. The standard InChI is InChI=1S/C13H19NO2/c14-9-11-3-1-2-4-12(11)13(15)10-5-7-16-8-6-10/h1-4,10,13,15H,5-9,14H2. The number of ether oxygens (including phenoxy) is 1. The topological polar surface area (TPSA) is 55.5 Å². The Bertz CT molecular complexity index is 334. The zero-order valence-corrected chi connectivity index (χ0v) is 9.43. The van der Waals surface area contributed by atoms with Crippen molar-refractivity contribution in [3.8, 4) is 0 Å². The Morgan fingerprint density at radius 2 is 2.00 bits per heavy atom. The van der Waals surface area contributed by atoms with Crippen molar-refractivity contribution < 1.29 is 9.84 Å². The molecule has 1 fully saturated rings. The largest absolute Gasteiger partial charge is 0.388 e. The summed E-state index contributed by atoms with van der Waals surface area (Å²) in [6.07, 6.45) is 1.46. The van der Waals surface area contributed by atoms with Crippen molar-refractivity contribution in [3.05, 3.63) is 35.4 Å². The van der Waals surface area contributed by atoms with Gasteiger partial charge in [-0.3, -0.25) is 0 Å². The second-order valence-corrected chi connectivity index (χ2v) is 4.30. The van der Waals surface area contributed by atoms with Gasteiger partial charge in [-0.05, 0) is 29.9 Å². The van der Waals surface area contributed by atoms with Gasteiger partial charge in [-0.1, -0.05) is 24.3 Å². The third-order valence-electron chi connectivity index (χ3n) is 3.31. The molecule has 1 aromatic carbocycles. The molecule has 1 heterocycles. The monoisotopic (exact) mass is 221 g/mol. The average molecular weight is 221 g/mol. The van der Waals surface area contributed by atoms with Gasteiger partial charge in [0.15, 0.2) is 0 Å². The van der Waals surface area contributed by atoms with Gasteiger partial charge in [0.25, 0.3) is 0 Å². The molecule has 0 aromatic heterocycles. The quantitative estimate of drug-likeness (QED) is 0.815. The first kappa shape index (κ1) is 11.6. The maximum absolute atomic E-state index is 10.3. The fourth-order valence-corrected chi connectivity index (χ4v) is 2.29. The van der Waals surface area contributed by atoms with Gasteiger partial charge in [-0.15, -0.1) is 0 Å². The van der Waals surface area contributed by atoms with Gasteiger partial charge in [-0.25, -0.2) is 0 Å². The van der Waals surface area contributed by atoms with Crippen LogP contribution in [0, 0.1) is 5.92 Å². The molecular formula is C13H19NO2. The van der Waals surface area contributed by atoms with Crippen LogP contribution in [0.3, 0.4) is 0 Å². The van der Waals surface area contributed by atoms with Crippen LogP contribution in [0.1, 0.15) is 30.1 Å². The molecule has 3 nitrogen and oxygen atoms in total. The van der Waals surface area contributed by atoms with Crippen LogP contribution in [0.4, 0.5) is 0 Å². The Balaban J connectivity index is 2.15. The Labute approximate surface area is 96.2 Å². The smallest absolute Gasteiger partial charge is 0.0823 e. The van der Waals surface area contributed by atoms with Crippen molar-refractivity contribution in [1.29, 1.82) is 0 Å². The van der Waals surface area contributed by atoms with E-state index in [1.807, 2.05) is 24.3 Å². The zero-order chi connectivity index (χ0) is 11.4. The van der Waals surface area contributed by atoms with Crippen LogP contribution in [0.25, 0.3) is 0 Å². The Hall–Kier alpha value is -0.900. The van der Waals surface area contributed by atoms with Crippen LogP contribution in [-0.2, 0) is 11.3 Å². The fourth-order valence-electron chi connectivity index (χ4n) is 2.29. The highest BCUT2D eigenvalue weighted by atomic mass is 16.5. The zero-order valence-electron chi connectivity index (χ0n) is 9.43. The molecule has 3 N–H and O–H groups in total. The van der Waals surface area contributed by atoms with Gasteiger partial charge in [0, 0.05) is 19.8 Å². The van der Waals surface area contributed by atoms with Gasteiger partial charge >= 0.3 is 0 Å². The molecule has 0 amide bonds. The Kier molecular flexibility index (Phi) is 3.93. The van der Waals surface area contributed by atoms with E-state index in [-0.39, 0.29) is 0 Å². The molecule has 16 heavy (non-hydrogen) atoms. The SMILES string of the molecule is NCc1ccccc1C(O)C1CCOCC1. The lowest BCUT2D eigenvalue weighted by Crippen LogP contribution is -2.23. The first-order chi connectivity index (χ1) is 7.83. The van der Waals surface area contributed by atoms with Crippen LogP contribution in [-0.4, -0.2) is 18.3 Å². The highest BCUT2D eigenvalue weighted by Gasteiger charge is 2.24. The lowest BCUT2D eigenvalue weighted by Gasteiger charge is -2.28. The molecule has 0 saturated carbocycles. The molecule has 1 saturated heterocycles. The van der Waals surface area contributed by atoms with E-state index in [2.05, 4.69) is 0 Å². The van der Waals surface area contributed by atoms with Crippen LogP contribution in [0.15, 0.2) is 24.3 Å². The predicted octanol–water partition coefficient (Wildman–Crippen LogP) is 1.61. The molecule has 1 atom stereocenters. The van der Waals surface area contributed by atoms with Gasteiger partial charge in [0.2, 0.25) is 0 Å². The molecule has 3 heteroatoms. The third-order valence-corrected chi connectivity index (χ3v) is 3.31. The molecular weight excluding hydrogens is 202 g/mol. The van der Waals surface area contributed by atoms with Crippen LogP contribution >= 0.6 is 0 Å². The molecule has 1 aliphatic heterocycles. The summed E-state index contributed by atoms with van der Waals surface area (Å²) in [6, 6.07) is 7.87. The maximum Gasteiger partial charge on any atom is 0.0823 e. The molecule has 0 aliphatic carbocycles. The van der Waals surface area contributed by atoms with E-state index in [0.717, 1.165) is 37.2 Å². The van der Waals surface area contributed by atoms with Crippen LogP contribution in [0.2, 0.25) is 0 Å². The molecule has 1 unspecified atom stereocenters. The first-order valence-electron chi connectivity index (χ1n) is 5.86. The van der Waals surface area contributed by atoms with E-state index < -0.39 is 6.10 Å². The Morgan fingerprint density at radius 1 is 1.31 bits per heavy atom. The summed E-state index contributed by atoms with van der Waals surface area (Å²) < 4.78 is 5.31. The number of aliphatic hydroxyl groups is 1. The first-order valence-corrected chi connectivity index (χ1v) is 5.86. The summed E-state index contributed by atoms with van der Waals surface area (Å²) in [7, 11) is 0. The van der Waals surface area contributed by atoms with Crippen LogP contribution < -0.4 is 5.73 Å². The van der Waals surface area contributed by atoms with Crippen molar-refractivity contribution in [3.63, 3.8) is 0 Å². The van der Waals surface area contributed by atoms with Crippen molar-refractivity contribution in [2.45, 2.75) is 25.5 Å². The van der Waals surface area contributed by atoms with Gasteiger partial charge in [-0.2, -0.15) is 0 Å². The van der Waals surface area contributed by atoms with Crippen molar-refractivity contribution in [1.82, 2.24) is 0 Å². The number of nitrogens with two attached hydrogens (primary N) is 1. The summed E-state index contributed by atoms with van der Waals surface area (Å²) in [4.78, 5) is 0. The minimum atomic E-state index is -0.399. The lowest BCUT2D eigenvalue weighted by molar-refractivity contribution is 0.00687. The van der Waals surface area contributed by atoms with E-state index in [1.54, 1.807) is 0 Å². The van der Waals surface area contributed by atoms with Crippen LogP contribution in [0.5, 0.6) is 0 Å². The summed E-state index contributed by atoms with van der Waals surface area (Å²) >= 11 is 0. The summed E-state index contributed by atoms with van der Waals surface area (Å²) in [5, 5.41) is 10.3. The summed E-state index contributed by atoms with van der Waals surface area (Å²) in [6.45, 7) is 2.00. The number of hydrogen-bond acceptors (Lipinski definition) is 3. The van der Waals surface area contributed by atoms with Gasteiger partial charge < -0.3 is 15.6 Å². The van der Waals surface area contributed by atoms with Crippen molar-refractivity contribution in [2.75, 3.05) is 13.2 Å². The van der Waals surface area contributed by atoms with Crippen molar-refractivity contribution in [2.24, 2.45) is 11.7 Å². The van der Waals surface area contributed by atoms with Crippen molar-refractivity contribution >= 4 is 0 Å². The number of aliphatic hydroxyl groups excluding tert-OH is 1. The fraction of sp³-hybridized carbons (Fsp3) is 0.538. The molecule has 1 aliphatic rings. The average Bonchev–Trinajstić information content (AvgIpc) is 2.39. The predicted molar refractivity (Wildman–Crippen MR) is 62.8 cm³/mol. The molecule has 0 spiro atoms. The maximum atomic E-state index is 10.3. The third kappa shape index (κ3) is 2.43. The highest BCUT2D eigenvalue weighted by Crippen LogP contribution is 2.31. The number of rotatable bonds is 3. The molecule has 0 bridgehead atoms. The summed E-state index contributed by atoms with van der Waals surface area (Å²) in [5.41, 5.74) is 7.71. The van der Waals surface area contributed by atoms with E-state index >= 15 is 0 Å². The van der Waals surface area contributed by atoms with E-state index in [1.165, 1.54) is 0 Å². The number of benzene rings is 1.